The molecule has 0 saturated heterocycles. The fourth-order valence-electron chi connectivity index (χ4n) is 4.47. The van der Waals surface area contributed by atoms with Crippen molar-refractivity contribution in [2.45, 2.75) is 58.1 Å². The fourth-order valence-corrected chi connectivity index (χ4v) is 5.77. The molecule has 2 N–H and O–H groups in total. The molecule has 7 nitrogen and oxygen atoms in total. The second-order valence-electron chi connectivity index (χ2n) is 9.45. The normalized spacial score (nSPS) is 13.4. The first kappa shape index (κ1) is 27.4. The number of carboxylic acid groups (broad SMARTS) is 1. The molecule has 38 heavy (non-hydrogen) atoms. The topological polar surface area (TPSA) is 106 Å². The molecule has 2 unspecified atom stereocenters. The highest BCUT2D eigenvalue weighted by molar-refractivity contribution is 7.89. The Morgan fingerprint density at radius 2 is 1.63 bits per heavy atom. The molecule has 3 aromatic carbocycles. The number of benzene rings is 3. The summed E-state index contributed by atoms with van der Waals surface area (Å²) < 4.78 is 39.9. The van der Waals surface area contributed by atoms with Crippen LogP contribution in [0.3, 0.4) is 0 Å². The molecule has 200 valence electrons. The average Bonchev–Trinajstić information content (AvgIpc) is 3.25. The van der Waals surface area contributed by atoms with Gasteiger partial charge in [-0.25, -0.2) is 8.42 Å². The van der Waals surface area contributed by atoms with Crippen molar-refractivity contribution >= 4 is 27.0 Å². The van der Waals surface area contributed by atoms with Crippen molar-refractivity contribution in [3.05, 3.63) is 83.6 Å². The minimum atomic E-state index is -3.98. The maximum atomic E-state index is 12.8. The van der Waals surface area contributed by atoms with Crippen molar-refractivity contribution in [1.29, 1.82) is 0 Å². The summed E-state index contributed by atoms with van der Waals surface area (Å²) in [5, 5.41) is 10.6. The van der Waals surface area contributed by atoms with E-state index in [-0.39, 0.29) is 10.8 Å². The van der Waals surface area contributed by atoms with Crippen LogP contribution in [0.25, 0.3) is 22.1 Å². The van der Waals surface area contributed by atoms with Crippen LogP contribution in [-0.2, 0) is 27.8 Å². The Bertz CT molecular complexity index is 1520. The fraction of sp³-hybridized carbons (Fsp3) is 0.300. The summed E-state index contributed by atoms with van der Waals surface area (Å²) in [5.74, 6) is -0.0405. The molecule has 0 aliphatic rings. The molecular formula is C30H33NO6S. The lowest BCUT2D eigenvalue weighted by molar-refractivity contribution is -0.140. The zero-order valence-electron chi connectivity index (χ0n) is 22.0. The molecule has 0 amide bonds. The number of ether oxygens (including phenoxy) is 1. The third kappa shape index (κ3) is 5.76. The molecule has 0 aliphatic carbocycles. The molecule has 1 heterocycles. The third-order valence-electron chi connectivity index (χ3n) is 7.00. The van der Waals surface area contributed by atoms with Crippen LogP contribution >= 0.6 is 0 Å². The van der Waals surface area contributed by atoms with Crippen LogP contribution in [0.4, 0.5) is 0 Å². The number of nitrogens with one attached hydrogen (secondary N) is 1. The van der Waals surface area contributed by atoms with Gasteiger partial charge in [-0.3, -0.25) is 4.79 Å². The number of furan rings is 1. The van der Waals surface area contributed by atoms with Gasteiger partial charge in [-0.15, -0.1) is 0 Å². The Kier molecular flexibility index (Phi) is 8.23. The van der Waals surface area contributed by atoms with Crippen LogP contribution in [-0.4, -0.2) is 25.5 Å². The zero-order valence-corrected chi connectivity index (χ0v) is 22.8. The van der Waals surface area contributed by atoms with Crippen LogP contribution in [0.15, 0.2) is 76.0 Å². The standard InChI is InChI=1S/C30H33NO6S/c1-5-19(3)29(30(32)33)31-38(34,35)25-16-12-23(13-17-25)22-10-14-24(15-11-22)36-18-27-20(4)28-21(6-2)8-7-9-26(28)37-27/h7-17,19,29,31H,5-6,18H2,1-4H3,(H,32,33). The smallest absolute Gasteiger partial charge is 0.322 e. The summed E-state index contributed by atoms with van der Waals surface area (Å²) >= 11 is 0. The molecule has 0 bridgehead atoms. The molecule has 0 aliphatic heterocycles. The molecule has 8 heteroatoms. The van der Waals surface area contributed by atoms with Gasteiger partial charge >= 0.3 is 5.97 Å². The number of sulfonamides is 1. The van der Waals surface area contributed by atoms with E-state index in [1.807, 2.05) is 43.3 Å². The van der Waals surface area contributed by atoms with E-state index in [4.69, 9.17) is 9.15 Å². The van der Waals surface area contributed by atoms with Gasteiger partial charge < -0.3 is 14.3 Å². The predicted molar refractivity (Wildman–Crippen MR) is 148 cm³/mol. The number of rotatable bonds is 11. The van der Waals surface area contributed by atoms with E-state index in [0.29, 0.717) is 18.8 Å². The number of hydrogen-bond donors (Lipinski definition) is 2. The summed E-state index contributed by atoms with van der Waals surface area (Å²) in [7, 11) is -3.98. The SMILES string of the molecule is CCc1cccc2oc(COc3ccc(-c4ccc(S(=O)(=O)NC(C(=O)O)C(C)CC)cc4)cc3)c(C)c12. The maximum absolute atomic E-state index is 12.8. The number of aliphatic carboxylic acids is 1. The highest BCUT2D eigenvalue weighted by Crippen LogP contribution is 2.30. The Hall–Kier alpha value is -3.62. The van der Waals surface area contributed by atoms with E-state index in [2.05, 4.69) is 24.6 Å². The van der Waals surface area contributed by atoms with Gasteiger partial charge in [0.05, 0.1) is 4.90 Å². The van der Waals surface area contributed by atoms with E-state index in [1.165, 1.54) is 17.7 Å². The summed E-state index contributed by atoms with van der Waals surface area (Å²) in [4.78, 5) is 11.6. The number of fused-ring (bicyclic) bond motifs is 1. The first-order chi connectivity index (χ1) is 18.1. The van der Waals surface area contributed by atoms with E-state index in [0.717, 1.165) is 39.8 Å². The molecule has 0 spiro atoms. The lowest BCUT2D eigenvalue weighted by Crippen LogP contribution is -2.44. The van der Waals surface area contributed by atoms with Crippen LogP contribution in [0.2, 0.25) is 0 Å². The Morgan fingerprint density at radius 1 is 1.00 bits per heavy atom. The lowest BCUT2D eigenvalue weighted by atomic mass is 10.0. The van der Waals surface area contributed by atoms with E-state index in [9.17, 15) is 18.3 Å². The van der Waals surface area contributed by atoms with E-state index >= 15 is 0 Å². The van der Waals surface area contributed by atoms with Crippen LogP contribution < -0.4 is 9.46 Å². The van der Waals surface area contributed by atoms with Crippen molar-refractivity contribution in [2.75, 3.05) is 0 Å². The largest absolute Gasteiger partial charge is 0.486 e. The van der Waals surface area contributed by atoms with Crippen molar-refractivity contribution in [2.24, 2.45) is 5.92 Å². The molecule has 1 aromatic heterocycles. The van der Waals surface area contributed by atoms with E-state index in [1.54, 1.807) is 19.1 Å². The molecule has 4 rings (SSSR count). The third-order valence-corrected chi connectivity index (χ3v) is 8.46. The second-order valence-corrected chi connectivity index (χ2v) is 11.2. The summed E-state index contributed by atoms with van der Waals surface area (Å²) in [6, 6.07) is 18.8. The number of hydrogen-bond acceptors (Lipinski definition) is 5. The second kappa shape index (κ2) is 11.4. The molecule has 2 atom stereocenters. The number of carboxylic acids is 1. The molecule has 0 saturated carbocycles. The summed E-state index contributed by atoms with van der Waals surface area (Å²) in [5.41, 5.74) is 4.94. The van der Waals surface area contributed by atoms with Crippen molar-refractivity contribution in [3.63, 3.8) is 0 Å². The van der Waals surface area contributed by atoms with E-state index < -0.39 is 22.0 Å². The van der Waals surface area contributed by atoms with Gasteiger partial charge in [-0.2, -0.15) is 4.72 Å². The van der Waals surface area contributed by atoms with Crippen molar-refractivity contribution in [3.8, 4) is 16.9 Å². The molecule has 0 radical (unpaired) electrons. The van der Waals surface area contributed by atoms with Gasteiger partial charge in [0.15, 0.2) is 0 Å². The molecule has 4 aromatic rings. The van der Waals surface area contributed by atoms with Gasteiger partial charge in [0, 0.05) is 10.9 Å². The first-order valence-electron chi connectivity index (χ1n) is 12.7. The maximum Gasteiger partial charge on any atom is 0.322 e. The molecule has 0 fully saturated rings. The summed E-state index contributed by atoms with van der Waals surface area (Å²) in [6.07, 6.45) is 1.47. The highest BCUT2D eigenvalue weighted by Gasteiger charge is 2.29. The Balaban J connectivity index is 1.44. The van der Waals surface area contributed by atoms with Gasteiger partial charge in [0.1, 0.15) is 29.7 Å². The van der Waals surface area contributed by atoms with Crippen LogP contribution in [0, 0.1) is 12.8 Å². The van der Waals surface area contributed by atoms with Crippen LogP contribution in [0.1, 0.15) is 44.1 Å². The number of carbonyl (C=O) groups is 1. The average molecular weight is 536 g/mol. The Labute approximate surface area is 223 Å². The van der Waals surface area contributed by atoms with Crippen molar-refractivity contribution < 1.29 is 27.5 Å². The minimum Gasteiger partial charge on any atom is -0.486 e. The first-order valence-corrected chi connectivity index (χ1v) is 14.2. The predicted octanol–water partition coefficient (Wildman–Crippen LogP) is 6.33. The van der Waals surface area contributed by atoms with Gasteiger partial charge in [-0.1, -0.05) is 63.6 Å². The monoisotopic (exact) mass is 535 g/mol. The van der Waals surface area contributed by atoms with Crippen LogP contribution in [0.5, 0.6) is 5.75 Å². The zero-order chi connectivity index (χ0) is 27.4. The minimum absolute atomic E-state index is 0.0168. The van der Waals surface area contributed by atoms with Gasteiger partial charge in [0.25, 0.3) is 0 Å². The lowest BCUT2D eigenvalue weighted by Gasteiger charge is -2.20. The summed E-state index contributed by atoms with van der Waals surface area (Å²) in [6.45, 7) is 8.03. The van der Waals surface area contributed by atoms with Crippen molar-refractivity contribution in [1.82, 2.24) is 4.72 Å². The van der Waals surface area contributed by atoms with Gasteiger partial charge in [0.2, 0.25) is 10.0 Å². The quantitative estimate of drug-likeness (QED) is 0.233. The highest BCUT2D eigenvalue weighted by atomic mass is 32.2. The Morgan fingerprint density at radius 3 is 2.21 bits per heavy atom. The molecular weight excluding hydrogens is 502 g/mol. The van der Waals surface area contributed by atoms with Gasteiger partial charge in [-0.05, 0) is 66.3 Å². The number of aryl methyl sites for hydroxylation is 2.